The van der Waals surface area contributed by atoms with Gasteiger partial charge in [0.05, 0.1) is 13.2 Å². The number of hydrogen-bond donors (Lipinski definition) is 0. The first-order valence-corrected chi connectivity index (χ1v) is 4.83. The minimum atomic E-state index is 0.0223. The van der Waals surface area contributed by atoms with Gasteiger partial charge < -0.3 is 9.47 Å². The molecule has 1 aromatic carbocycles. The highest BCUT2D eigenvalue weighted by molar-refractivity contribution is 5.47. The van der Waals surface area contributed by atoms with Crippen LogP contribution in [0.5, 0.6) is 0 Å². The van der Waals surface area contributed by atoms with Crippen LogP contribution in [0.4, 0.5) is 0 Å². The Morgan fingerprint density at radius 3 is 2.64 bits per heavy atom. The van der Waals surface area contributed by atoms with E-state index in [9.17, 15) is 0 Å². The van der Waals surface area contributed by atoms with E-state index in [2.05, 4.69) is 18.7 Å². The Hall–Kier alpha value is -1.12. The van der Waals surface area contributed by atoms with Crippen LogP contribution in [0.1, 0.15) is 17.5 Å². The molecular weight excluding hydrogens is 176 g/mol. The van der Waals surface area contributed by atoms with Crippen LogP contribution in [-0.4, -0.2) is 12.9 Å². The highest BCUT2D eigenvalue weighted by atomic mass is 16.7. The molecule has 1 aliphatic rings. The molecule has 0 spiro atoms. The van der Waals surface area contributed by atoms with E-state index in [1.165, 1.54) is 5.56 Å². The van der Waals surface area contributed by atoms with Crippen molar-refractivity contribution in [2.75, 3.05) is 6.61 Å². The Morgan fingerprint density at radius 2 is 2.14 bits per heavy atom. The van der Waals surface area contributed by atoms with Crippen LogP contribution in [0.3, 0.4) is 0 Å². The zero-order valence-electron chi connectivity index (χ0n) is 8.11. The molecule has 1 atom stereocenters. The van der Waals surface area contributed by atoms with E-state index in [-0.39, 0.29) is 6.29 Å². The van der Waals surface area contributed by atoms with Crippen molar-refractivity contribution in [3.8, 4) is 0 Å². The van der Waals surface area contributed by atoms with E-state index in [0.29, 0.717) is 6.61 Å². The van der Waals surface area contributed by atoms with Crippen molar-refractivity contribution in [2.45, 2.75) is 19.3 Å². The van der Waals surface area contributed by atoms with E-state index in [4.69, 9.17) is 9.47 Å². The lowest BCUT2D eigenvalue weighted by Crippen LogP contribution is -2.29. The first kappa shape index (κ1) is 9.44. The molecule has 2 nitrogen and oxygen atoms in total. The molecule has 0 saturated carbocycles. The third kappa shape index (κ3) is 2.22. The summed E-state index contributed by atoms with van der Waals surface area (Å²) >= 11 is 0. The van der Waals surface area contributed by atoms with E-state index in [0.717, 1.165) is 18.6 Å². The summed E-state index contributed by atoms with van der Waals surface area (Å²) in [6, 6.07) is 8.17. The molecule has 1 saturated heterocycles. The van der Waals surface area contributed by atoms with E-state index in [1.54, 1.807) is 0 Å². The molecule has 1 fully saturated rings. The maximum absolute atomic E-state index is 5.49. The molecule has 2 rings (SSSR count). The first-order valence-electron chi connectivity index (χ1n) is 4.83. The summed E-state index contributed by atoms with van der Waals surface area (Å²) in [7, 11) is 0. The third-order valence-corrected chi connectivity index (χ3v) is 2.31. The second-order valence-corrected chi connectivity index (χ2v) is 3.35. The number of ether oxygens (including phenoxy) is 2. The second-order valence-electron chi connectivity index (χ2n) is 3.35. The molecule has 0 bridgehead atoms. The maximum Gasteiger partial charge on any atom is 0.160 e. The van der Waals surface area contributed by atoms with Crippen LogP contribution in [0.15, 0.2) is 30.8 Å². The molecule has 1 aliphatic heterocycles. The van der Waals surface area contributed by atoms with Crippen molar-refractivity contribution in [1.82, 2.24) is 0 Å². The highest BCUT2D eigenvalue weighted by Gasteiger charge is 2.17. The van der Waals surface area contributed by atoms with E-state index < -0.39 is 0 Å². The summed E-state index contributed by atoms with van der Waals surface area (Å²) < 4.78 is 10.6. The molecule has 0 aliphatic carbocycles. The Labute approximate surface area is 84.2 Å². The molecule has 0 aromatic heterocycles. The van der Waals surface area contributed by atoms with Crippen LogP contribution in [-0.2, 0) is 16.1 Å². The lowest BCUT2D eigenvalue weighted by Gasteiger charge is -2.26. The molecule has 1 aromatic rings. The molecule has 2 heteroatoms. The Balaban J connectivity index is 1.85. The summed E-state index contributed by atoms with van der Waals surface area (Å²) in [5.41, 5.74) is 2.31. The molecule has 74 valence electrons. The van der Waals surface area contributed by atoms with Crippen molar-refractivity contribution < 1.29 is 9.47 Å². The molecule has 0 amide bonds. The van der Waals surface area contributed by atoms with Gasteiger partial charge in [0.1, 0.15) is 0 Å². The fourth-order valence-corrected chi connectivity index (χ4v) is 1.28. The predicted molar refractivity (Wildman–Crippen MR) is 55.7 cm³/mol. The minimum absolute atomic E-state index is 0.0223. The van der Waals surface area contributed by atoms with Crippen LogP contribution in [0.25, 0.3) is 6.08 Å². The minimum Gasteiger partial charge on any atom is -0.352 e. The Kier molecular flexibility index (Phi) is 2.96. The average molecular weight is 190 g/mol. The number of benzene rings is 1. The molecular formula is C12H14O2. The van der Waals surface area contributed by atoms with Gasteiger partial charge in [-0.05, 0) is 11.1 Å². The maximum atomic E-state index is 5.49. The van der Waals surface area contributed by atoms with Crippen molar-refractivity contribution >= 4 is 6.08 Å². The van der Waals surface area contributed by atoms with Crippen LogP contribution < -0.4 is 0 Å². The second kappa shape index (κ2) is 4.40. The topological polar surface area (TPSA) is 18.5 Å². The van der Waals surface area contributed by atoms with Crippen LogP contribution in [0.2, 0.25) is 0 Å². The quantitative estimate of drug-likeness (QED) is 0.726. The molecule has 0 N–H and O–H groups in total. The fourth-order valence-electron chi connectivity index (χ4n) is 1.28. The highest BCUT2D eigenvalue weighted by Crippen LogP contribution is 2.15. The smallest absolute Gasteiger partial charge is 0.160 e. The van der Waals surface area contributed by atoms with Crippen LogP contribution >= 0.6 is 0 Å². The van der Waals surface area contributed by atoms with Crippen molar-refractivity contribution in [3.63, 3.8) is 0 Å². The van der Waals surface area contributed by atoms with Crippen molar-refractivity contribution in [2.24, 2.45) is 0 Å². The third-order valence-electron chi connectivity index (χ3n) is 2.31. The zero-order chi connectivity index (χ0) is 9.80. The Morgan fingerprint density at radius 1 is 1.43 bits per heavy atom. The molecule has 14 heavy (non-hydrogen) atoms. The van der Waals surface area contributed by atoms with Crippen LogP contribution in [0, 0.1) is 0 Å². The van der Waals surface area contributed by atoms with Gasteiger partial charge in [-0.1, -0.05) is 36.9 Å². The molecule has 1 heterocycles. The lowest BCUT2D eigenvalue weighted by molar-refractivity contribution is -0.220. The largest absolute Gasteiger partial charge is 0.352 e. The summed E-state index contributed by atoms with van der Waals surface area (Å²) in [5.74, 6) is 0. The van der Waals surface area contributed by atoms with Crippen molar-refractivity contribution in [1.29, 1.82) is 0 Å². The van der Waals surface area contributed by atoms with Gasteiger partial charge in [0.25, 0.3) is 0 Å². The Bertz CT molecular complexity index is 299. The standard InChI is InChI=1S/C12H14O2/c1-2-10-3-5-11(6-4-10)9-14-12-7-8-13-12/h2-6,12H,1,7-9H2. The fraction of sp³-hybridized carbons (Fsp3) is 0.333. The van der Waals surface area contributed by atoms with Gasteiger partial charge >= 0.3 is 0 Å². The molecule has 0 radical (unpaired) electrons. The SMILES string of the molecule is C=Cc1ccc(COC2CCO2)cc1. The zero-order valence-corrected chi connectivity index (χ0v) is 8.11. The van der Waals surface area contributed by atoms with Crippen molar-refractivity contribution in [3.05, 3.63) is 42.0 Å². The van der Waals surface area contributed by atoms with Gasteiger partial charge in [0, 0.05) is 6.42 Å². The van der Waals surface area contributed by atoms with Gasteiger partial charge in [-0.2, -0.15) is 0 Å². The van der Waals surface area contributed by atoms with Gasteiger partial charge in [-0.25, -0.2) is 0 Å². The average Bonchev–Trinajstić information content (AvgIpc) is 2.16. The first-order chi connectivity index (χ1) is 6.88. The predicted octanol–water partition coefficient (Wildman–Crippen LogP) is 2.59. The van der Waals surface area contributed by atoms with Gasteiger partial charge in [-0.15, -0.1) is 0 Å². The summed E-state index contributed by atoms with van der Waals surface area (Å²) in [6.45, 7) is 5.17. The summed E-state index contributed by atoms with van der Waals surface area (Å²) in [6.07, 6.45) is 2.87. The summed E-state index contributed by atoms with van der Waals surface area (Å²) in [5, 5.41) is 0. The number of rotatable bonds is 4. The van der Waals surface area contributed by atoms with Gasteiger partial charge in [-0.3, -0.25) is 0 Å². The van der Waals surface area contributed by atoms with E-state index in [1.807, 2.05) is 18.2 Å². The van der Waals surface area contributed by atoms with E-state index >= 15 is 0 Å². The van der Waals surface area contributed by atoms with Gasteiger partial charge in [0.15, 0.2) is 6.29 Å². The lowest BCUT2D eigenvalue weighted by atomic mass is 10.1. The monoisotopic (exact) mass is 190 g/mol. The normalized spacial score (nSPS) is 20.1. The van der Waals surface area contributed by atoms with Gasteiger partial charge in [0.2, 0.25) is 0 Å². The number of hydrogen-bond acceptors (Lipinski definition) is 2. The molecule has 1 unspecified atom stereocenters. The summed E-state index contributed by atoms with van der Waals surface area (Å²) in [4.78, 5) is 0.